The van der Waals surface area contributed by atoms with E-state index in [-0.39, 0.29) is 11.7 Å². The van der Waals surface area contributed by atoms with Crippen molar-refractivity contribution in [2.45, 2.75) is 41.2 Å². The molecule has 0 fully saturated rings. The molecule has 2 N–H and O–H groups in total. The van der Waals surface area contributed by atoms with Crippen LogP contribution in [0, 0.1) is 12.8 Å². The Balaban J connectivity index is 0. The van der Waals surface area contributed by atoms with Gasteiger partial charge in [-0.05, 0) is 68.3 Å². The molecule has 6 nitrogen and oxygen atoms in total. The van der Waals surface area contributed by atoms with E-state index in [4.69, 9.17) is 0 Å². The second kappa shape index (κ2) is 23.3. The van der Waals surface area contributed by atoms with Crippen LogP contribution in [0.15, 0.2) is 104 Å². The molecule has 1 aromatic carbocycles. The van der Waals surface area contributed by atoms with Crippen LogP contribution < -0.4 is 9.62 Å². The molecular formula is C31H44FN3O3S. The molecule has 1 aliphatic carbocycles. The standard InChI is InChI=1S/C22H23N3O3S.2C3H6.C2H6.CH3F/c1-16-13-20(10-11-21(16)26)25(15-17-5-4-12-23-14-17)19-7-3-6-18(8-9-19)22(27)24-29(2)28;2*1-3-2;2*1-2/h3-14,18,26H,15H2,1-2H3,(H,24,27);2*3H,1H2,2H3;1-2H3;1H3. The molecule has 1 amide bonds. The number of pyridine rings is 1. The second-order valence-corrected chi connectivity index (χ2v) is 8.63. The molecule has 0 spiro atoms. The number of hydrogen-bond donors (Lipinski definition) is 2. The molecule has 2 atom stereocenters. The smallest absolute Gasteiger partial charge is 0.242 e. The number of amides is 1. The monoisotopic (exact) mass is 557 g/mol. The summed E-state index contributed by atoms with van der Waals surface area (Å²) in [6.07, 6.45) is 17.6. The van der Waals surface area contributed by atoms with Gasteiger partial charge in [-0.2, -0.15) is 0 Å². The number of anilines is 1. The van der Waals surface area contributed by atoms with Gasteiger partial charge in [-0.25, -0.2) is 4.21 Å². The molecule has 39 heavy (non-hydrogen) atoms. The number of hydrogen-bond acceptors (Lipinski definition) is 5. The Morgan fingerprint density at radius 2 is 1.79 bits per heavy atom. The number of phenols is 1. The van der Waals surface area contributed by atoms with Gasteiger partial charge in [0.15, 0.2) is 0 Å². The molecule has 214 valence electrons. The SMILES string of the molecule is C=CC.C=CC.CC.CF.Cc1cc(N(Cc2cccnc2)C2=CC=CC(C(=O)NS(C)=O)C=C2)ccc1O. The zero-order chi connectivity index (χ0) is 30.2. The topological polar surface area (TPSA) is 82.5 Å². The van der Waals surface area contributed by atoms with Gasteiger partial charge in [-0.1, -0.05) is 50.3 Å². The predicted octanol–water partition coefficient (Wildman–Crippen LogP) is 7.13. The van der Waals surface area contributed by atoms with Crippen molar-refractivity contribution in [2.24, 2.45) is 5.92 Å². The maximum Gasteiger partial charge on any atom is 0.242 e. The summed E-state index contributed by atoms with van der Waals surface area (Å²) < 4.78 is 23.2. The molecule has 2 aromatic rings. The molecule has 0 aliphatic heterocycles. The molecule has 0 radical (unpaired) electrons. The van der Waals surface area contributed by atoms with Crippen LogP contribution in [-0.2, 0) is 22.3 Å². The van der Waals surface area contributed by atoms with Crippen LogP contribution in [0.1, 0.15) is 38.8 Å². The fourth-order valence-corrected chi connectivity index (χ4v) is 3.39. The van der Waals surface area contributed by atoms with Gasteiger partial charge in [-0.15, -0.1) is 13.2 Å². The van der Waals surface area contributed by atoms with Crippen molar-refractivity contribution in [2.75, 3.05) is 18.3 Å². The van der Waals surface area contributed by atoms with E-state index >= 15 is 0 Å². The number of aromatic nitrogens is 1. The number of halogens is 1. The van der Waals surface area contributed by atoms with E-state index in [0.29, 0.717) is 13.7 Å². The second-order valence-electron chi connectivity index (χ2n) is 7.52. The van der Waals surface area contributed by atoms with Crippen LogP contribution in [0.2, 0.25) is 0 Å². The molecule has 1 aliphatic rings. The number of alkyl halides is 1. The van der Waals surface area contributed by atoms with Crippen LogP contribution in [0.25, 0.3) is 0 Å². The van der Waals surface area contributed by atoms with Crippen LogP contribution in [-0.4, -0.2) is 33.6 Å². The van der Waals surface area contributed by atoms with Crippen molar-refractivity contribution in [3.05, 3.63) is 115 Å². The number of nitrogens with one attached hydrogen (secondary N) is 1. The molecule has 0 saturated carbocycles. The molecule has 1 aromatic heterocycles. The first kappa shape index (κ1) is 37.4. The highest BCUT2D eigenvalue weighted by atomic mass is 32.2. The van der Waals surface area contributed by atoms with Crippen molar-refractivity contribution in [1.29, 1.82) is 0 Å². The summed E-state index contributed by atoms with van der Waals surface area (Å²) in [5.41, 5.74) is 3.58. The minimum atomic E-state index is -1.41. The predicted molar refractivity (Wildman–Crippen MR) is 165 cm³/mol. The van der Waals surface area contributed by atoms with Gasteiger partial charge in [0.2, 0.25) is 5.91 Å². The molecule has 0 saturated heterocycles. The number of allylic oxidation sites excluding steroid dienone is 5. The summed E-state index contributed by atoms with van der Waals surface area (Å²) in [4.78, 5) is 18.5. The number of benzene rings is 1. The van der Waals surface area contributed by atoms with Gasteiger partial charge in [0.05, 0.1) is 13.1 Å². The zero-order valence-electron chi connectivity index (χ0n) is 24.2. The Morgan fingerprint density at radius 3 is 2.31 bits per heavy atom. The van der Waals surface area contributed by atoms with E-state index in [1.807, 2.05) is 83.3 Å². The third kappa shape index (κ3) is 15.3. The lowest BCUT2D eigenvalue weighted by Crippen LogP contribution is -2.29. The number of nitrogens with zero attached hydrogens (tertiary/aromatic N) is 2. The normalized spacial score (nSPS) is 13.3. The fourth-order valence-electron chi connectivity index (χ4n) is 2.97. The summed E-state index contributed by atoms with van der Waals surface area (Å²) >= 11 is 0. The summed E-state index contributed by atoms with van der Waals surface area (Å²) in [7, 11) is -0.907. The van der Waals surface area contributed by atoms with Crippen molar-refractivity contribution >= 4 is 22.6 Å². The first-order valence-electron chi connectivity index (χ1n) is 12.5. The van der Waals surface area contributed by atoms with E-state index in [9.17, 15) is 18.5 Å². The van der Waals surface area contributed by atoms with Crippen molar-refractivity contribution in [3.63, 3.8) is 0 Å². The van der Waals surface area contributed by atoms with E-state index in [1.165, 1.54) is 6.26 Å². The number of carbonyl (C=O) groups excluding carboxylic acids is 1. The maximum atomic E-state index is 12.2. The minimum absolute atomic E-state index is 0.240. The van der Waals surface area contributed by atoms with Gasteiger partial charge in [0.25, 0.3) is 0 Å². The summed E-state index contributed by atoms with van der Waals surface area (Å²) in [6.45, 7) is 16.9. The van der Waals surface area contributed by atoms with Gasteiger partial charge >= 0.3 is 0 Å². The van der Waals surface area contributed by atoms with Gasteiger partial charge in [0, 0.05) is 36.6 Å². The van der Waals surface area contributed by atoms with Gasteiger partial charge in [-0.3, -0.25) is 18.9 Å². The Kier molecular flexibility index (Phi) is 22.4. The summed E-state index contributed by atoms with van der Waals surface area (Å²) in [5.74, 6) is -0.577. The van der Waals surface area contributed by atoms with E-state index < -0.39 is 16.9 Å². The molecule has 0 bridgehead atoms. The van der Waals surface area contributed by atoms with E-state index in [2.05, 4.69) is 27.8 Å². The van der Waals surface area contributed by atoms with Crippen LogP contribution >= 0.6 is 0 Å². The Bertz CT molecular complexity index is 1090. The average Bonchev–Trinajstić information content (AvgIpc) is 3.19. The summed E-state index contributed by atoms with van der Waals surface area (Å²) in [6, 6.07) is 9.32. The number of aromatic hydroxyl groups is 1. The molecule has 2 unspecified atom stereocenters. The van der Waals surface area contributed by atoms with E-state index in [0.717, 1.165) is 22.5 Å². The van der Waals surface area contributed by atoms with Crippen LogP contribution in [0.5, 0.6) is 5.75 Å². The molecule has 3 rings (SSSR count). The third-order valence-electron chi connectivity index (χ3n) is 4.47. The summed E-state index contributed by atoms with van der Waals surface area (Å²) in [5, 5.41) is 9.90. The Morgan fingerprint density at radius 1 is 1.18 bits per heavy atom. The van der Waals surface area contributed by atoms with Crippen LogP contribution in [0.4, 0.5) is 10.1 Å². The van der Waals surface area contributed by atoms with Gasteiger partial charge in [0.1, 0.15) is 16.7 Å². The van der Waals surface area contributed by atoms with E-state index in [1.54, 1.807) is 36.6 Å². The number of carbonyl (C=O) groups is 1. The van der Waals surface area contributed by atoms with Gasteiger partial charge < -0.3 is 10.0 Å². The van der Waals surface area contributed by atoms with Crippen LogP contribution in [0.3, 0.4) is 0 Å². The largest absolute Gasteiger partial charge is 0.508 e. The highest BCUT2D eigenvalue weighted by Gasteiger charge is 2.17. The number of phenolic OH excluding ortho intramolecular Hbond substituents is 1. The number of rotatable bonds is 6. The molecule has 8 heteroatoms. The number of aryl methyl sites for hydroxylation is 1. The molecular weight excluding hydrogens is 513 g/mol. The third-order valence-corrected chi connectivity index (χ3v) is 4.96. The van der Waals surface area contributed by atoms with Crippen molar-refractivity contribution < 1.29 is 18.5 Å². The average molecular weight is 558 g/mol. The zero-order valence-corrected chi connectivity index (χ0v) is 25.0. The maximum absolute atomic E-state index is 12.2. The Hall–Kier alpha value is -3.78. The lowest BCUT2D eigenvalue weighted by Gasteiger charge is -2.26. The minimum Gasteiger partial charge on any atom is -0.508 e. The lowest BCUT2D eigenvalue weighted by molar-refractivity contribution is -0.120. The quantitative estimate of drug-likeness (QED) is 0.369. The fraction of sp³-hybridized carbons (Fsp3) is 0.290. The lowest BCUT2D eigenvalue weighted by atomic mass is 10.1. The first-order chi connectivity index (χ1) is 18.8. The highest BCUT2D eigenvalue weighted by Crippen LogP contribution is 2.28. The Labute approximate surface area is 237 Å². The van der Waals surface area contributed by atoms with Crippen molar-refractivity contribution in [1.82, 2.24) is 9.71 Å². The highest BCUT2D eigenvalue weighted by molar-refractivity contribution is 7.82. The molecule has 1 heterocycles. The first-order valence-corrected chi connectivity index (χ1v) is 14.0. The van der Waals surface area contributed by atoms with Crippen molar-refractivity contribution in [3.8, 4) is 5.75 Å².